The molecule has 162 valence electrons. The van der Waals surface area contributed by atoms with Crippen LogP contribution in [0.2, 0.25) is 0 Å². The van der Waals surface area contributed by atoms with Crippen LogP contribution in [-0.4, -0.2) is 54.6 Å². The summed E-state index contributed by atoms with van der Waals surface area (Å²) >= 11 is 0. The van der Waals surface area contributed by atoms with Gasteiger partial charge in [0.1, 0.15) is 17.3 Å². The molecule has 30 heavy (non-hydrogen) atoms. The molecule has 1 aromatic rings. The van der Waals surface area contributed by atoms with Crippen LogP contribution in [0.25, 0.3) is 5.57 Å². The van der Waals surface area contributed by atoms with Crippen LogP contribution in [0.4, 0.5) is 13.2 Å². The van der Waals surface area contributed by atoms with Crippen LogP contribution in [0.1, 0.15) is 30.4 Å². The summed E-state index contributed by atoms with van der Waals surface area (Å²) in [6.45, 7) is 3.29. The highest BCUT2D eigenvalue weighted by Crippen LogP contribution is 2.35. The molecule has 0 bridgehead atoms. The molecule has 1 saturated heterocycles. The van der Waals surface area contributed by atoms with E-state index in [1.807, 2.05) is 18.2 Å². The van der Waals surface area contributed by atoms with Gasteiger partial charge in [-0.15, -0.1) is 5.11 Å². The summed E-state index contributed by atoms with van der Waals surface area (Å²) < 4.78 is 47.4. The number of hydrogen-bond acceptors (Lipinski definition) is 7. The molecule has 3 aliphatic rings. The van der Waals surface area contributed by atoms with Crippen molar-refractivity contribution in [1.29, 1.82) is 0 Å². The number of ether oxygens (including phenoxy) is 1. The van der Waals surface area contributed by atoms with Gasteiger partial charge in [-0.25, -0.2) is 4.68 Å². The topological polar surface area (TPSA) is 79.1 Å². The number of azo groups is 1. The molecule has 0 aromatic carbocycles. The molecule has 2 N–H and O–H groups in total. The van der Waals surface area contributed by atoms with Gasteiger partial charge in [-0.05, 0) is 36.6 Å². The zero-order valence-corrected chi connectivity index (χ0v) is 16.6. The Labute approximate surface area is 172 Å². The Balaban J connectivity index is 1.61. The van der Waals surface area contributed by atoms with E-state index in [2.05, 4.69) is 30.9 Å². The summed E-state index contributed by atoms with van der Waals surface area (Å²) in [4.78, 5) is 2.16. The van der Waals surface area contributed by atoms with Crippen molar-refractivity contribution >= 4 is 5.57 Å². The van der Waals surface area contributed by atoms with Gasteiger partial charge in [0.05, 0.1) is 18.9 Å². The first-order chi connectivity index (χ1) is 14.5. The lowest BCUT2D eigenvalue weighted by Gasteiger charge is -2.32. The minimum absolute atomic E-state index is 0.286. The number of alkyl halides is 3. The Morgan fingerprint density at radius 3 is 2.70 bits per heavy atom. The first-order valence-electron chi connectivity index (χ1n) is 9.89. The first kappa shape index (κ1) is 20.5. The van der Waals surface area contributed by atoms with Gasteiger partial charge in [0, 0.05) is 26.7 Å². The largest absolute Gasteiger partial charge is 0.433 e. The maximum Gasteiger partial charge on any atom is 0.433 e. The predicted octanol–water partition coefficient (Wildman–Crippen LogP) is 2.87. The second-order valence-corrected chi connectivity index (χ2v) is 7.17. The van der Waals surface area contributed by atoms with Gasteiger partial charge in [-0.1, -0.05) is 6.08 Å². The second kappa shape index (κ2) is 8.50. The maximum absolute atomic E-state index is 13.7. The van der Waals surface area contributed by atoms with E-state index >= 15 is 0 Å². The quantitative estimate of drug-likeness (QED) is 0.779. The minimum Gasteiger partial charge on any atom is -0.378 e. The molecule has 0 spiro atoms. The third-order valence-electron chi connectivity index (χ3n) is 5.21. The third-order valence-corrected chi connectivity index (χ3v) is 5.21. The highest BCUT2D eigenvalue weighted by atomic mass is 19.4. The standard InChI is InChI=1S/C19H24F3N7O/c1-23-16-3-2-4-18(26-25-16)29-15(19(20,21)22)11-14(27-29)13-5-6-17(24-12-13)28-7-9-30-10-8-28/h3,5-6,11,18,23-24H,2,4,7-10,12H2,1H3. The Morgan fingerprint density at radius 1 is 1.23 bits per heavy atom. The third kappa shape index (κ3) is 4.35. The van der Waals surface area contributed by atoms with E-state index in [1.54, 1.807) is 7.05 Å². The summed E-state index contributed by atoms with van der Waals surface area (Å²) in [5.74, 6) is 1.49. The van der Waals surface area contributed by atoms with Crippen molar-refractivity contribution in [1.82, 2.24) is 25.3 Å². The van der Waals surface area contributed by atoms with Crippen molar-refractivity contribution in [3.05, 3.63) is 47.3 Å². The normalized spacial score (nSPS) is 22.6. The average Bonchev–Trinajstić information content (AvgIpc) is 3.08. The molecule has 4 heterocycles. The minimum atomic E-state index is -4.54. The van der Waals surface area contributed by atoms with Crippen LogP contribution in [0.3, 0.4) is 0 Å². The summed E-state index contributed by atoms with van der Waals surface area (Å²) in [7, 11) is 1.69. The van der Waals surface area contributed by atoms with E-state index in [1.165, 1.54) is 0 Å². The highest BCUT2D eigenvalue weighted by molar-refractivity contribution is 5.67. The second-order valence-electron chi connectivity index (χ2n) is 7.17. The first-order valence-corrected chi connectivity index (χ1v) is 9.89. The van der Waals surface area contributed by atoms with Gasteiger partial charge in [-0.3, -0.25) is 0 Å². The highest BCUT2D eigenvalue weighted by Gasteiger charge is 2.38. The van der Waals surface area contributed by atoms with E-state index in [0.29, 0.717) is 44.0 Å². The molecule has 0 amide bonds. The lowest BCUT2D eigenvalue weighted by atomic mass is 10.1. The fourth-order valence-corrected chi connectivity index (χ4v) is 3.59. The lowest BCUT2D eigenvalue weighted by molar-refractivity contribution is -0.145. The van der Waals surface area contributed by atoms with Gasteiger partial charge in [-0.2, -0.15) is 23.4 Å². The van der Waals surface area contributed by atoms with Crippen LogP contribution in [0.5, 0.6) is 0 Å². The predicted molar refractivity (Wildman–Crippen MR) is 104 cm³/mol. The van der Waals surface area contributed by atoms with Crippen molar-refractivity contribution in [2.24, 2.45) is 10.2 Å². The molecule has 3 aliphatic heterocycles. The fourth-order valence-electron chi connectivity index (χ4n) is 3.59. The van der Waals surface area contributed by atoms with Gasteiger partial charge >= 0.3 is 6.18 Å². The number of rotatable bonds is 4. The van der Waals surface area contributed by atoms with Gasteiger partial charge in [0.15, 0.2) is 6.17 Å². The summed E-state index contributed by atoms with van der Waals surface area (Å²) in [6.07, 6.45) is 1.10. The molecule has 1 aromatic heterocycles. The van der Waals surface area contributed by atoms with Crippen molar-refractivity contribution < 1.29 is 17.9 Å². The number of allylic oxidation sites excluding steroid dienone is 3. The monoisotopic (exact) mass is 423 g/mol. The molecule has 8 nitrogen and oxygen atoms in total. The number of nitrogens with one attached hydrogen (secondary N) is 2. The zero-order chi connectivity index (χ0) is 21.1. The smallest absolute Gasteiger partial charge is 0.378 e. The molecule has 0 aliphatic carbocycles. The van der Waals surface area contributed by atoms with Crippen molar-refractivity contribution in [2.75, 3.05) is 39.9 Å². The summed E-state index contributed by atoms with van der Waals surface area (Å²) in [6, 6.07) is 1.09. The number of dihydropyridines is 1. The van der Waals surface area contributed by atoms with E-state index in [4.69, 9.17) is 4.74 Å². The van der Waals surface area contributed by atoms with Crippen LogP contribution in [-0.2, 0) is 10.9 Å². The molecule has 1 atom stereocenters. The van der Waals surface area contributed by atoms with Gasteiger partial charge in [0.2, 0.25) is 0 Å². The van der Waals surface area contributed by atoms with Crippen LogP contribution in [0, 0.1) is 0 Å². The molecular weight excluding hydrogens is 399 g/mol. The van der Waals surface area contributed by atoms with Crippen LogP contribution >= 0.6 is 0 Å². The van der Waals surface area contributed by atoms with Crippen molar-refractivity contribution in [3.8, 4) is 0 Å². The van der Waals surface area contributed by atoms with Crippen LogP contribution < -0.4 is 10.6 Å². The molecule has 1 fully saturated rings. The fraction of sp³-hybridized carbons (Fsp3) is 0.526. The molecule has 0 radical (unpaired) electrons. The Kier molecular flexibility index (Phi) is 5.80. The van der Waals surface area contributed by atoms with Gasteiger partial charge < -0.3 is 20.3 Å². The number of morpholine rings is 1. The molecular formula is C19H24F3N7O. The van der Waals surface area contributed by atoms with E-state index < -0.39 is 18.0 Å². The summed E-state index contributed by atoms with van der Waals surface area (Å²) in [5, 5.41) is 18.5. The van der Waals surface area contributed by atoms with Crippen molar-refractivity contribution in [3.63, 3.8) is 0 Å². The zero-order valence-electron chi connectivity index (χ0n) is 16.6. The number of aromatic nitrogens is 2. The van der Waals surface area contributed by atoms with Gasteiger partial charge in [0.25, 0.3) is 0 Å². The Bertz CT molecular complexity index is 894. The molecule has 11 heteroatoms. The number of hydrogen-bond donors (Lipinski definition) is 2. The lowest BCUT2D eigenvalue weighted by Crippen LogP contribution is -2.41. The van der Waals surface area contributed by atoms with Crippen LogP contribution in [0.15, 0.2) is 46.2 Å². The number of halogens is 3. The molecule has 4 rings (SSSR count). The Morgan fingerprint density at radius 2 is 2.03 bits per heavy atom. The Hall–Kier alpha value is -2.82. The SMILES string of the molecule is CNC1=CCCC(n2nc(C3=CC=C(N4CCOCC4)NC3)cc2C(F)(F)F)N=N1. The molecule has 0 saturated carbocycles. The van der Waals surface area contributed by atoms with E-state index in [-0.39, 0.29) is 5.69 Å². The van der Waals surface area contributed by atoms with E-state index in [0.717, 1.165) is 29.7 Å². The average molecular weight is 423 g/mol. The summed E-state index contributed by atoms with van der Waals surface area (Å²) in [5.41, 5.74) is 0.155. The van der Waals surface area contributed by atoms with E-state index in [9.17, 15) is 13.2 Å². The molecule has 1 unspecified atom stereocenters. The van der Waals surface area contributed by atoms with Crippen molar-refractivity contribution in [2.45, 2.75) is 25.2 Å². The number of nitrogens with zero attached hydrogens (tertiary/aromatic N) is 5. The maximum atomic E-state index is 13.7.